The molecule has 0 aromatic heterocycles. The second kappa shape index (κ2) is 8.58. The van der Waals surface area contributed by atoms with Gasteiger partial charge in [0.2, 0.25) is 0 Å². The number of rotatable bonds is 5. The first kappa shape index (κ1) is 21.2. The van der Waals surface area contributed by atoms with E-state index in [2.05, 4.69) is 62.7 Å². The second-order valence-electron chi connectivity index (χ2n) is 9.37. The molecule has 0 amide bonds. The maximum absolute atomic E-state index is 5.86. The third kappa shape index (κ3) is 4.66. The summed E-state index contributed by atoms with van der Waals surface area (Å²) < 4.78 is 5.86. The maximum Gasteiger partial charge on any atom is 0.127 e. The maximum atomic E-state index is 5.86. The van der Waals surface area contributed by atoms with Crippen molar-refractivity contribution in [1.29, 1.82) is 0 Å². The highest BCUT2D eigenvalue weighted by molar-refractivity contribution is 5.84. The molecule has 0 saturated heterocycles. The van der Waals surface area contributed by atoms with Crippen molar-refractivity contribution in [2.24, 2.45) is 4.99 Å². The fourth-order valence-electron chi connectivity index (χ4n) is 4.90. The van der Waals surface area contributed by atoms with Crippen LogP contribution in [0.15, 0.2) is 77.8 Å². The molecule has 0 fully saturated rings. The summed E-state index contributed by atoms with van der Waals surface area (Å²) in [5.41, 5.74) is 5.00. The summed E-state index contributed by atoms with van der Waals surface area (Å²) in [6, 6.07) is 24.9. The standard InChI is InChI=1S/C28H32N2O/c1-20(2)30-27-16-11-22(17-26(27)21(3)18-28(30,4)5)19-29-23-12-14-25(15-13-23)31-24-9-7-6-8-10-24/h6-17,19-21H,18H2,1-5H3. The number of hydrogen-bond acceptors (Lipinski definition) is 3. The minimum atomic E-state index is 0.166. The molecule has 31 heavy (non-hydrogen) atoms. The van der Waals surface area contributed by atoms with Crippen LogP contribution in [0.5, 0.6) is 11.5 Å². The second-order valence-corrected chi connectivity index (χ2v) is 9.37. The van der Waals surface area contributed by atoms with E-state index in [1.165, 1.54) is 11.3 Å². The number of hydrogen-bond donors (Lipinski definition) is 0. The van der Waals surface area contributed by atoms with E-state index < -0.39 is 0 Å². The number of nitrogens with zero attached hydrogens (tertiary/aromatic N) is 2. The summed E-state index contributed by atoms with van der Waals surface area (Å²) in [6.45, 7) is 11.6. The van der Waals surface area contributed by atoms with E-state index in [-0.39, 0.29) is 5.54 Å². The Balaban J connectivity index is 1.52. The van der Waals surface area contributed by atoms with Crippen molar-refractivity contribution in [3.8, 4) is 11.5 Å². The number of benzene rings is 3. The number of aliphatic imine (C=N–C) groups is 1. The van der Waals surface area contributed by atoms with Crippen molar-refractivity contribution in [2.75, 3.05) is 4.90 Å². The Kier molecular flexibility index (Phi) is 5.86. The summed E-state index contributed by atoms with van der Waals surface area (Å²) in [4.78, 5) is 7.25. The summed E-state index contributed by atoms with van der Waals surface area (Å²) in [7, 11) is 0. The van der Waals surface area contributed by atoms with Gasteiger partial charge in [0, 0.05) is 23.5 Å². The van der Waals surface area contributed by atoms with Gasteiger partial charge in [-0.3, -0.25) is 4.99 Å². The third-order valence-corrected chi connectivity index (χ3v) is 5.99. The van der Waals surface area contributed by atoms with E-state index in [1.807, 2.05) is 60.8 Å². The van der Waals surface area contributed by atoms with E-state index in [4.69, 9.17) is 4.74 Å². The number of para-hydroxylation sites is 1. The van der Waals surface area contributed by atoms with Gasteiger partial charge in [-0.25, -0.2) is 0 Å². The van der Waals surface area contributed by atoms with Gasteiger partial charge in [0.25, 0.3) is 0 Å². The Labute approximate surface area is 186 Å². The molecule has 3 heteroatoms. The van der Waals surface area contributed by atoms with Crippen molar-refractivity contribution in [3.05, 3.63) is 83.9 Å². The van der Waals surface area contributed by atoms with Gasteiger partial charge in [0.05, 0.1) is 5.69 Å². The lowest BCUT2D eigenvalue weighted by atomic mass is 9.79. The van der Waals surface area contributed by atoms with Crippen LogP contribution >= 0.6 is 0 Å². The van der Waals surface area contributed by atoms with E-state index >= 15 is 0 Å². The Morgan fingerprint density at radius 1 is 0.968 bits per heavy atom. The predicted molar refractivity (Wildman–Crippen MR) is 131 cm³/mol. The van der Waals surface area contributed by atoms with Crippen LogP contribution in [0, 0.1) is 0 Å². The summed E-state index contributed by atoms with van der Waals surface area (Å²) in [6.07, 6.45) is 3.11. The molecule has 0 N–H and O–H groups in total. The Morgan fingerprint density at radius 2 is 1.65 bits per heavy atom. The molecule has 0 bridgehead atoms. The number of fused-ring (bicyclic) bond motifs is 1. The molecule has 4 rings (SSSR count). The summed E-state index contributed by atoms with van der Waals surface area (Å²) in [5.74, 6) is 2.17. The zero-order valence-electron chi connectivity index (χ0n) is 19.2. The van der Waals surface area contributed by atoms with Crippen LogP contribution in [-0.2, 0) is 0 Å². The molecule has 160 valence electrons. The van der Waals surface area contributed by atoms with Crippen molar-refractivity contribution >= 4 is 17.6 Å². The fourth-order valence-corrected chi connectivity index (χ4v) is 4.90. The van der Waals surface area contributed by atoms with Gasteiger partial charge < -0.3 is 9.64 Å². The van der Waals surface area contributed by atoms with Crippen molar-refractivity contribution in [2.45, 2.75) is 58.5 Å². The van der Waals surface area contributed by atoms with E-state index in [0.29, 0.717) is 12.0 Å². The highest BCUT2D eigenvalue weighted by Crippen LogP contribution is 2.44. The Morgan fingerprint density at radius 3 is 2.32 bits per heavy atom. The van der Waals surface area contributed by atoms with Crippen LogP contribution in [0.1, 0.15) is 58.1 Å². The van der Waals surface area contributed by atoms with Crippen LogP contribution in [0.25, 0.3) is 0 Å². The quantitative estimate of drug-likeness (QED) is 0.401. The zero-order chi connectivity index (χ0) is 22.0. The van der Waals surface area contributed by atoms with Gasteiger partial charge in [-0.05, 0) is 99.7 Å². The van der Waals surface area contributed by atoms with Gasteiger partial charge in [-0.1, -0.05) is 31.2 Å². The van der Waals surface area contributed by atoms with Crippen LogP contribution < -0.4 is 9.64 Å². The molecule has 1 atom stereocenters. The molecule has 3 aromatic rings. The Hall–Kier alpha value is -3.07. The highest BCUT2D eigenvalue weighted by Gasteiger charge is 2.37. The van der Waals surface area contributed by atoms with Gasteiger partial charge in [-0.2, -0.15) is 0 Å². The molecule has 3 aromatic carbocycles. The lowest BCUT2D eigenvalue weighted by Gasteiger charge is -2.50. The minimum Gasteiger partial charge on any atom is -0.457 e. The summed E-state index contributed by atoms with van der Waals surface area (Å²) >= 11 is 0. The summed E-state index contributed by atoms with van der Waals surface area (Å²) in [5, 5.41) is 0. The van der Waals surface area contributed by atoms with E-state index in [1.54, 1.807) is 0 Å². The van der Waals surface area contributed by atoms with Crippen LogP contribution in [0.2, 0.25) is 0 Å². The topological polar surface area (TPSA) is 24.8 Å². The minimum absolute atomic E-state index is 0.166. The third-order valence-electron chi connectivity index (χ3n) is 5.99. The average Bonchev–Trinajstić information content (AvgIpc) is 2.73. The molecule has 0 spiro atoms. The smallest absolute Gasteiger partial charge is 0.127 e. The van der Waals surface area contributed by atoms with Crippen LogP contribution in [0.4, 0.5) is 11.4 Å². The molecule has 1 aliphatic heterocycles. The first-order valence-electron chi connectivity index (χ1n) is 11.1. The molecule has 3 nitrogen and oxygen atoms in total. The SMILES string of the molecule is CC1CC(C)(C)N(C(C)C)c2ccc(C=Nc3ccc(Oc4ccccc4)cc3)cc21. The van der Waals surface area contributed by atoms with Crippen LogP contribution in [-0.4, -0.2) is 17.8 Å². The molecule has 0 radical (unpaired) electrons. The molecular formula is C28H32N2O. The number of ether oxygens (including phenoxy) is 1. The highest BCUT2D eigenvalue weighted by atomic mass is 16.5. The molecular weight excluding hydrogens is 380 g/mol. The monoisotopic (exact) mass is 412 g/mol. The zero-order valence-corrected chi connectivity index (χ0v) is 19.2. The lowest BCUT2D eigenvalue weighted by molar-refractivity contribution is 0.356. The fraction of sp³-hybridized carbons (Fsp3) is 0.321. The molecule has 0 saturated carbocycles. The van der Waals surface area contributed by atoms with Gasteiger partial charge in [-0.15, -0.1) is 0 Å². The lowest BCUT2D eigenvalue weighted by Crippen LogP contribution is -2.51. The van der Waals surface area contributed by atoms with Gasteiger partial charge >= 0.3 is 0 Å². The van der Waals surface area contributed by atoms with E-state index in [0.717, 1.165) is 29.2 Å². The first-order valence-corrected chi connectivity index (χ1v) is 11.1. The Bertz CT molecular complexity index is 1050. The normalized spacial score (nSPS) is 17.7. The largest absolute Gasteiger partial charge is 0.457 e. The molecule has 1 unspecified atom stereocenters. The van der Waals surface area contributed by atoms with Gasteiger partial charge in [0.1, 0.15) is 11.5 Å². The van der Waals surface area contributed by atoms with Crippen LogP contribution in [0.3, 0.4) is 0 Å². The number of anilines is 1. The van der Waals surface area contributed by atoms with Crippen molar-refractivity contribution in [3.63, 3.8) is 0 Å². The first-order chi connectivity index (χ1) is 14.8. The average molecular weight is 413 g/mol. The molecule has 0 aliphatic carbocycles. The molecule has 1 aliphatic rings. The van der Waals surface area contributed by atoms with Crippen molar-refractivity contribution < 1.29 is 4.74 Å². The van der Waals surface area contributed by atoms with Crippen molar-refractivity contribution in [1.82, 2.24) is 0 Å². The van der Waals surface area contributed by atoms with Gasteiger partial charge in [0.15, 0.2) is 0 Å². The van der Waals surface area contributed by atoms with E-state index in [9.17, 15) is 0 Å². The predicted octanol–water partition coefficient (Wildman–Crippen LogP) is 7.73. The molecule has 1 heterocycles.